The molecule has 0 amide bonds. The summed E-state index contributed by atoms with van der Waals surface area (Å²) in [6.07, 6.45) is 1.62. The molecule has 1 aliphatic carbocycles. The zero-order valence-electron chi connectivity index (χ0n) is 9.64. The van der Waals surface area contributed by atoms with Gasteiger partial charge in [0, 0.05) is 19.0 Å². The molecule has 1 aromatic heterocycles. The third kappa shape index (κ3) is 2.44. The van der Waals surface area contributed by atoms with Crippen molar-refractivity contribution in [1.82, 2.24) is 4.90 Å². The van der Waals surface area contributed by atoms with Crippen LogP contribution in [0, 0.1) is 12.8 Å². The molecule has 16 heavy (non-hydrogen) atoms. The van der Waals surface area contributed by atoms with Crippen LogP contribution in [0.3, 0.4) is 0 Å². The summed E-state index contributed by atoms with van der Waals surface area (Å²) in [4.78, 5) is 12.8. The topological polar surface area (TPSA) is 53.7 Å². The van der Waals surface area contributed by atoms with Crippen molar-refractivity contribution in [1.29, 1.82) is 0 Å². The SMILES string of the molecule is Cc1ccc(CCN(C)C2CC2C(=O)O)o1. The van der Waals surface area contributed by atoms with Crippen LogP contribution in [0.1, 0.15) is 17.9 Å². The van der Waals surface area contributed by atoms with Crippen LogP contribution in [0.2, 0.25) is 0 Å². The Hall–Kier alpha value is -1.29. The lowest BCUT2D eigenvalue weighted by Crippen LogP contribution is -2.26. The number of carboxylic acid groups (broad SMARTS) is 1. The first kappa shape index (κ1) is 11.2. The lowest BCUT2D eigenvalue weighted by molar-refractivity contribution is -0.138. The fourth-order valence-electron chi connectivity index (χ4n) is 2.01. The minimum absolute atomic E-state index is 0.164. The molecule has 1 aliphatic rings. The highest BCUT2D eigenvalue weighted by Crippen LogP contribution is 2.34. The number of nitrogens with zero attached hydrogens (tertiary/aromatic N) is 1. The first-order valence-corrected chi connectivity index (χ1v) is 5.56. The molecule has 1 aromatic rings. The monoisotopic (exact) mass is 223 g/mol. The molecule has 0 aliphatic heterocycles. The van der Waals surface area contributed by atoms with Crippen molar-refractivity contribution >= 4 is 5.97 Å². The number of likely N-dealkylation sites (N-methyl/N-ethyl adjacent to an activating group) is 1. The molecular formula is C12H17NO3. The van der Waals surface area contributed by atoms with Crippen LogP contribution in [0.15, 0.2) is 16.5 Å². The lowest BCUT2D eigenvalue weighted by atomic mass is 10.3. The van der Waals surface area contributed by atoms with Gasteiger partial charge in [-0.15, -0.1) is 0 Å². The number of aryl methyl sites for hydroxylation is 1. The van der Waals surface area contributed by atoms with E-state index in [1.165, 1.54) is 0 Å². The molecular weight excluding hydrogens is 206 g/mol. The van der Waals surface area contributed by atoms with Gasteiger partial charge in [0.05, 0.1) is 5.92 Å². The maximum atomic E-state index is 10.7. The van der Waals surface area contributed by atoms with Crippen molar-refractivity contribution in [3.63, 3.8) is 0 Å². The van der Waals surface area contributed by atoms with Gasteiger partial charge in [0.1, 0.15) is 11.5 Å². The summed E-state index contributed by atoms with van der Waals surface area (Å²) >= 11 is 0. The third-order valence-corrected chi connectivity index (χ3v) is 3.15. The number of carbonyl (C=O) groups is 1. The number of aliphatic carboxylic acids is 1. The molecule has 0 aromatic carbocycles. The summed E-state index contributed by atoms with van der Waals surface area (Å²) in [6.45, 7) is 2.77. The highest BCUT2D eigenvalue weighted by molar-refractivity contribution is 5.74. The van der Waals surface area contributed by atoms with E-state index in [9.17, 15) is 4.79 Å². The van der Waals surface area contributed by atoms with E-state index in [0.717, 1.165) is 30.9 Å². The minimum atomic E-state index is -0.675. The van der Waals surface area contributed by atoms with Gasteiger partial charge in [-0.1, -0.05) is 0 Å². The second kappa shape index (κ2) is 4.29. The van der Waals surface area contributed by atoms with E-state index < -0.39 is 5.97 Å². The summed E-state index contributed by atoms with van der Waals surface area (Å²) in [6, 6.07) is 4.14. The third-order valence-electron chi connectivity index (χ3n) is 3.15. The van der Waals surface area contributed by atoms with Gasteiger partial charge >= 0.3 is 5.97 Å². The molecule has 1 saturated carbocycles. The van der Waals surface area contributed by atoms with Crippen molar-refractivity contribution in [3.05, 3.63) is 23.7 Å². The van der Waals surface area contributed by atoms with Gasteiger partial charge in [-0.25, -0.2) is 0 Å². The van der Waals surface area contributed by atoms with Crippen molar-refractivity contribution < 1.29 is 14.3 Å². The fourth-order valence-corrected chi connectivity index (χ4v) is 2.01. The second-order valence-corrected chi connectivity index (χ2v) is 4.49. The molecule has 0 bridgehead atoms. The molecule has 1 N–H and O–H groups in total. The molecule has 88 valence electrons. The first-order chi connectivity index (χ1) is 7.58. The van der Waals surface area contributed by atoms with Gasteiger partial charge in [-0.05, 0) is 32.5 Å². The standard InChI is InChI=1S/C12H17NO3/c1-8-3-4-9(16-8)5-6-13(2)11-7-10(11)12(14)15/h3-4,10-11H,5-7H2,1-2H3,(H,14,15). The van der Waals surface area contributed by atoms with Gasteiger partial charge < -0.3 is 14.4 Å². The predicted octanol–water partition coefficient (Wildman–Crippen LogP) is 1.54. The van der Waals surface area contributed by atoms with Crippen LogP contribution in [-0.4, -0.2) is 35.6 Å². The summed E-state index contributed by atoms with van der Waals surface area (Å²) in [5.74, 6) is 1.05. The Balaban J connectivity index is 1.77. The molecule has 1 fully saturated rings. The van der Waals surface area contributed by atoms with E-state index in [1.54, 1.807) is 0 Å². The van der Waals surface area contributed by atoms with Gasteiger partial charge in [0.25, 0.3) is 0 Å². The van der Waals surface area contributed by atoms with E-state index in [0.29, 0.717) is 0 Å². The quantitative estimate of drug-likeness (QED) is 0.822. The summed E-state index contributed by atoms with van der Waals surface area (Å²) in [5, 5.41) is 8.82. The molecule has 0 saturated heterocycles. The van der Waals surface area contributed by atoms with Crippen LogP contribution in [0.4, 0.5) is 0 Å². The molecule has 4 heteroatoms. The average molecular weight is 223 g/mol. The van der Waals surface area contributed by atoms with Gasteiger partial charge in [-0.3, -0.25) is 4.79 Å². The second-order valence-electron chi connectivity index (χ2n) is 4.49. The Labute approximate surface area is 94.9 Å². The molecule has 2 rings (SSSR count). The Morgan fingerprint density at radius 1 is 1.62 bits per heavy atom. The largest absolute Gasteiger partial charge is 0.481 e. The van der Waals surface area contributed by atoms with E-state index >= 15 is 0 Å². The van der Waals surface area contributed by atoms with E-state index in [1.807, 2.05) is 26.1 Å². The van der Waals surface area contributed by atoms with Crippen LogP contribution in [0.25, 0.3) is 0 Å². The van der Waals surface area contributed by atoms with Crippen molar-refractivity contribution in [2.24, 2.45) is 5.92 Å². The van der Waals surface area contributed by atoms with Crippen LogP contribution in [-0.2, 0) is 11.2 Å². The smallest absolute Gasteiger partial charge is 0.308 e. The molecule has 2 unspecified atom stereocenters. The Morgan fingerprint density at radius 2 is 2.38 bits per heavy atom. The van der Waals surface area contributed by atoms with Crippen LogP contribution in [0.5, 0.6) is 0 Å². The minimum Gasteiger partial charge on any atom is -0.481 e. The number of hydrogen-bond acceptors (Lipinski definition) is 3. The maximum absolute atomic E-state index is 10.7. The summed E-state index contributed by atoms with van der Waals surface area (Å²) in [5.41, 5.74) is 0. The van der Waals surface area contributed by atoms with E-state index in [-0.39, 0.29) is 12.0 Å². The molecule has 2 atom stereocenters. The van der Waals surface area contributed by atoms with Crippen molar-refractivity contribution in [2.75, 3.05) is 13.6 Å². The molecule has 1 heterocycles. The zero-order chi connectivity index (χ0) is 11.7. The highest BCUT2D eigenvalue weighted by atomic mass is 16.4. The van der Waals surface area contributed by atoms with Crippen molar-refractivity contribution in [2.45, 2.75) is 25.8 Å². The zero-order valence-corrected chi connectivity index (χ0v) is 9.64. The summed E-state index contributed by atoms with van der Waals surface area (Å²) in [7, 11) is 1.98. The van der Waals surface area contributed by atoms with Crippen LogP contribution >= 0.6 is 0 Å². The summed E-state index contributed by atoms with van der Waals surface area (Å²) < 4.78 is 5.47. The van der Waals surface area contributed by atoms with Crippen molar-refractivity contribution in [3.8, 4) is 0 Å². The van der Waals surface area contributed by atoms with Gasteiger partial charge in [-0.2, -0.15) is 0 Å². The Kier molecular flexibility index (Phi) is 3.01. The van der Waals surface area contributed by atoms with Gasteiger partial charge in [0.15, 0.2) is 0 Å². The number of furan rings is 1. The molecule has 4 nitrogen and oxygen atoms in total. The molecule has 0 radical (unpaired) electrons. The Bertz CT molecular complexity index is 385. The predicted molar refractivity (Wildman–Crippen MR) is 59.3 cm³/mol. The maximum Gasteiger partial charge on any atom is 0.308 e. The highest BCUT2D eigenvalue weighted by Gasteiger charge is 2.45. The van der Waals surface area contributed by atoms with Crippen LogP contribution < -0.4 is 0 Å². The number of rotatable bonds is 5. The fraction of sp³-hybridized carbons (Fsp3) is 0.583. The number of hydrogen-bond donors (Lipinski definition) is 1. The average Bonchev–Trinajstić information content (AvgIpc) is 2.93. The first-order valence-electron chi connectivity index (χ1n) is 5.56. The lowest BCUT2D eigenvalue weighted by Gasteiger charge is -2.14. The normalized spacial score (nSPS) is 23.7. The van der Waals surface area contributed by atoms with E-state index in [4.69, 9.17) is 9.52 Å². The van der Waals surface area contributed by atoms with E-state index in [2.05, 4.69) is 4.90 Å². The molecule has 0 spiro atoms. The Morgan fingerprint density at radius 3 is 2.88 bits per heavy atom. The number of carboxylic acids is 1. The van der Waals surface area contributed by atoms with Gasteiger partial charge in [0.2, 0.25) is 0 Å².